The largest absolute Gasteiger partial charge is 0.330 e. The van der Waals surface area contributed by atoms with Gasteiger partial charge in [-0.1, -0.05) is 47.6 Å². The topological polar surface area (TPSA) is 81.7 Å². The molecule has 27 heavy (non-hydrogen) atoms. The van der Waals surface area contributed by atoms with Gasteiger partial charge in [-0.2, -0.15) is 4.98 Å². The molecule has 8 heteroatoms. The smallest absolute Gasteiger partial charge is 0.297 e. The molecule has 1 unspecified atom stereocenters. The standard InChI is InChI=1S/C19H18N6O.ClH/c1-2-8-15-13(5-1)6-3-9-16(15)17-22-19(26-24-17)18-21-12-25(23-18)14-7-4-10-20-11-14;/h1-3,5-6,8-9,12,14,20H,4,7,10-11H2;1H. The van der Waals surface area contributed by atoms with Crippen molar-refractivity contribution >= 4 is 23.2 Å². The minimum absolute atomic E-state index is 0. The number of piperidine rings is 1. The van der Waals surface area contributed by atoms with Gasteiger partial charge in [0.05, 0.1) is 6.04 Å². The molecule has 2 aromatic heterocycles. The third-order valence-electron chi connectivity index (χ3n) is 4.80. The van der Waals surface area contributed by atoms with Crippen LogP contribution >= 0.6 is 12.4 Å². The Hall–Kier alpha value is -2.77. The van der Waals surface area contributed by atoms with Crippen molar-refractivity contribution in [1.29, 1.82) is 0 Å². The number of aromatic nitrogens is 5. The Morgan fingerprint density at radius 1 is 1.07 bits per heavy atom. The normalized spacial score (nSPS) is 17.0. The van der Waals surface area contributed by atoms with Crippen LogP contribution in [0.4, 0.5) is 0 Å². The first kappa shape index (κ1) is 17.6. The van der Waals surface area contributed by atoms with Gasteiger partial charge in [0.25, 0.3) is 5.89 Å². The number of nitrogens with one attached hydrogen (secondary N) is 1. The molecular formula is C19H19ClN6O. The Bertz CT molecular complexity index is 1050. The Morgan fingerprint density at radius 2 is 1.96 bits per heavy atom. The molecular weight excluding hydrogens is 364 g/mol. The molecule has 0 bridgehead atoms. The van der Waals surface area contributed by atoms with E-state index in [9.17, 15) is 0 Å². The van der Waals surface area contributed by atoms with Crippen molar-refractivity contribution in [3.63, 3.8) is 0 Å². The van der Waals surface area contributed by atoms with Crippen molar-refractivity contribution in [2.75, 3.05) is 13.1 Å². The summed E-state index contributed by atoms with van der Waals surface area (Å²) in [6, 6.07) is 14.5. The molecule has 0 saturated carbocycles. The fourth-order valence-corrected chi connectivity index (χ4v) is 3.45. The van der Waals surface area contributed by atoms with Crippen LogP contribution in [-0.4, -0.2) is 38.0 Å². The van der Waals surface area contributed by atoms with E-state index in [0.29, 0.717) is 23.6 Å². The predicted molar refractivity (Wildman–Crippen MR) is 105 cm³/mol. The molecule has 1 aliphatic rings. The van der Waals surface area contributed by atoms with Gasteiger partial charge in [-0.3, -0.25) is 0 Å². The molecule has 1 aliphatic heterocycles. The monoisotopic (exact) mass is 382 g/mol. The SMILES string of the molecule is Cl.c1ccc2c(-c3noc(-c4ncn(C5CCCNC5)n4)n3)cccc2c1. The Morgan fingerprint density at radius 3 is 2.85 bits per heavy atom. The number of hydrogen-bond acceptors (Lipinski definition) is 6. The minimum atomic E-state index is 0. The van der Waals surface area contributed by atoms with Crippen molar-refractivity contribution < 1.29 is 4.52 Å². The molecule has 1 atom stereocenters. The summed E-state index contributed by atoms with van der Waals surface area (Å²) in [7, 11) is 0. The van der Waals surface area contributed by atoms with Crippen LogP contribution < -0.4 is 5.32 Å². The molecule has 1 N–H and O–H groups in total. The maximum Gasteiger partial charge on any atom is 0.297 e. The molecule has 0 amide bonds. The van der Waals surface area contributed by atoms with E-state index < -0.39 is 0 Å². The zero-order valence-electron chi connectivity index (χ0n) is 14.6. The van der Waals surface area contributed by atoms with Crippen molar-refractivity contribution in [2.45, 2.75) is 18.9 Å². The molecule has 2 aromatic carbocycles. The molecule has 4 aromatic rings. The molecule has 0 spiro atoms. The van der Waals surface area contributed by atoms with E-state index in [1.165, 1.54) is 0 Å². The predicted octanol–water partition coefficient (Wildman–Crippen LogP) is 3.49. The number of halogens is 1. The number of rotatable bonds is 3. The Labute approximate surface area is 162 Å². The highest BCUT2D eigenvalue weighted by atomic mass is 35.5. The van der Waals surface area contributed by atoms with Crippen molar-refractivity contribution in [1.82, 2.24) is 30.2 Å². The molecule has 0 radical (unpaired) electrons. The van der Waals surface area contributed by atoms with Crippen molar-refractivity contribution in [2.24, 2.45) is 0 Å². The van der Waals surface area contributed by atoms with Gasteiger partial charge in [0.1, 0.15) is 6.33 Å². The third-order valence-corrected chi connectivity index (χ3v) is 4.80. The summed E-state index contributed by atoms with van der Waals surface area (Å²) in [4.78, 5) is 8.89. The lowest BCUT2D eigenvalue weighted by Crippen LogP contribution is -2.31. The van der Waals surface area contributed by atoms with Gasteiger partial charge in [0.15, 0.2) is 0 Å². The molecule has 0 aliphatic carbocycles. The van der Waals surface area contributed by atoms with E-state index in [2.05, 4.69) is 43.7 Å². The molecule has 138 valence electrons. The van der Waals surface area contributed by atoms with Crippen LogP contribution in [0.15, 0.2) is 53.3 Å². The summed E-state index contributed by atoms with van der Waals surface area (Å²) in [6.07, 6.45) is 3.99. The molecule has 1 saturated heterocycles. The third kappa shape index (κ3) is 3.31. The lowest BCUT2D eigenvalue weighted by atomic mass is 10.0. The zero-order valence-corrected chi connectivity index (χ0v) is 15.4. The highest BCUT2D eigenvalue weighted by Gasteiger charge is 2.20. The number of hydrogen-bond donors (Lipinski definition) is 1. The van der Waals surface area contributed by atoms with E-state index in [4.69, 9.17) is 4.52 Å². The summed E-state index contributed by atoms with van der Waals surface area (Å²) < 4.78 is 7.33. The van der Waals surface area contributed by atoms with E-state index in [1.54, 1.807) is 6.33 Å². The second-order valence-electron chi connectivity index (χ2n) is 6.50. The van der Waals surface area contributed by atoms with E-state index in [-0.39, 0.29) is 12.4 Å². The van der Waals surface area contributed by atoms with Gasteiger partial charge in [0.2, 0.25) is 11.6 Å². The molecule has 5 rings (SSSR count). The molecule has 7 nitrogen and oxygen atoms in total. The number of benzene rings is 2. The van der Waals surface area contributed by atoms with Crippen molar-refractivity contribution in [3.8, 4) is 23.1 Å². The summed E-state index contributed by atoms with van der Waals surface area (Å²) in [6.45, 7) is 1.98. The second kappa shape index (κ2) is 7.46. The maximum atomic E-state index is 5.44. The van der Waals surface area contributed by atoms with Crippen LogP contribution in [0.3, 0.4) is 0 Å². The van der Waals surface area contributed by atoms with E-state index in [1.807, 2.05) is 28.9 Å². The van der Waals surface area contributed by atoms with Crippen LogP contribution in [0.5, 0.6) is 0 Å². The van der Waals surface area contributed by atoms with Crippen LogP contribution in [0.25, 0.3) is 33.9 Å². The maximum absolute atomic E-state index is 5.44. The van der Waals surface area contributed by atoms with E-state index >= 15 is 0 Å². The van der Waals surface area contributed by atoms with Gasteiger partial charge >= 0.3 is 0 Å². The first-order chi connectivity index (χ1) is 12.9. The second-order valence-corrected chi connectivity index (χ2v) is 6.50. The lowest BCUT2D eigenvalue weighted by molar-refractivity contribution is 0.345. The summed E-state index contributed by atoms with van der Waals surface area (Å²) in [5.41, 5.74) is 0.939. The number of fused-ring (bicyclic) bond motifs is 1. The molecule has 3 heterocycles. The summed E-state index contributed by atoms with van der Waals surface area (Å²) >= 11 is 0. The Kier molecular flexibility index (Phi) is 4.87. The van der Waals surface area contributed by atoms with Crippen molar-refractivity contribution in [3.05, 3.63) is 48.8 Å². The quantitative estimate of drug-likeness (QED) is 0.584. The lowest BCUT2D eigenvalue weighted by Gasteiger charge is -2.22. The van der Waals surface area contributed by atoms with Crippen LogP contribution in [0.2, 0.25) is 0 Å². The molecule has 1 fully saturated rings. The highest BCUT2D eigenvalue weighted by Crippen LogP contribution is 2.28. The van der Waals surface area contributed by atoms with Gasteiger partial charge in [0, 0.05) is 12.1 Å². The van der Waals surface area contributed by atoms with E-state index in [0.717, 1.165) is 42.3 Å². The fraction of sp³-hybridized carbons (Fsp3) is 0.263. The van der Waals surface area contributed by atoms with Gasteiger partial charge in [-0.05, 0) is 30.2 Å². The first-order valence-corrected chi connectivity index (χ1v) is 8.82. The Balaban J connectivity index is 0.00000180. The average molecular weight is 383 g/mol. The average Bonchev–Trinajstić information content (AvgIpc) is 3.38. The van der Waals surface area contributed by atoms with Gasteiger partial charge in [-0.25, -0.2) is 9.67 Å². The van der Waals surface area contributed by atoms with Crippen LogP contribution in [0.1, 0.15) is 18.9 Å². The van der Waals surface area contributed by atoms with Crippen LogP contribution in [-0.2, 0) is 0 Å². The summed E-state index contributed by atoms with van der Waals surface area (Å²) in [5.74, 6) is 1.36. The minimum Gasteiger partial charge on any atom is -0.330 e. The zero-order chi connectivity index (χ0) is 17.3. The first-order valence-electron chi connectivity index (χ1n) is 8.82. The van der Waals surface area contributed by atoms with Gasteiger partial charge < -0.3 is 9.84 Å². The van der Waals surface area contributed by atoms with Crippen LogP contribution in [0, 0.1) is 0 Å². The fourth-order valence-electron chi connectivity index (χ4n) is 3.45. The number of nitrogens with zero attached hydrogens (tertiary/aromatic N) is 5. The van der Waals surface area contributed by atoms with Gasteiger partial charge in [-0.15, -0.1) is 17.5 Å². The summed E-state index contributed by atoms with van der Waals surface area (Å²) in [5, 5.41) is 14.3. The highest BCUT2D eigenvalue weighted by molar-refractivity contribution is 5.95.